The van der Waals surface area contributed by atoms with E-state index in [0.717, 1.165) is 13.7 Å². The van der Waals surface area contributed by atoms with Crippen LogP contribution in [0.5, 0.6) is 5.88 Å². The van der Waals surface area contributed by atoms with E-state index in [1.165, 1.54) is 0 Å². The predicted octanol–water partition coefficient (Wildman–Crippen LogP) is 2.77. The van der Waals surface area contributed by atoms with Crippen molar-refractivity contribution >= 4 is 38.5 Å². The second kappa shape index (κ2) is 3.71. The van der Waals surface area contributed by atoms with Gasteiger partial charge in [0, 0.05) is 3.57 Å². The number of pyridine rings is 1. The van der Waals surface area contributed by atoms with Crippen molar-refractivity contribution in [3.63, 3.8) is 0 Å². The van der Waals surface area contributed by atoms with Crippen molar-refractivity contribution < 1.29 is 4.74 Å². The molecule has 1 aromatic rings. The average molecular weight is 328 g/mol. The minimum Gasteiger partial charge on any atom is -0.480 e. The van der Waals surface area contributed by atoms with Crippen molar-refractivity contribution in [3.05, 3.63) is 19.8 Å². The molecule has 0 radical (unpaired) electrons. The highest BCUT2D eigenvalue weighted by Crippen LogP contribution is 2.25. The van der Waals surface area contributed by atoms with E-state index in [-0.39, 0.29) is 0 Å². The number of hydrogen-bond acceptors (Lipinski definition) is 2. The Kier molecular flexibility index (Phi) is 3.12. The lowest BCUT2D eigenvalue weighted by Gasteiger charge is -2.03. The summed E-state index contributed by atoms with van der Waals surface area (Å²) < 4.78 is 7.05. The fraction of sp³-hybridized carbons (Fsp3) is 0.286. The molecule has 0 aliphatic heterocycles. The Morgan fingerprint density at radius 2 is 2.27 bits per heavy atom. The van der Waals surface area contributed by atoms with Gasteiger partial charge in [-0.05, 0) is 51.5 Å². The van der Waals surface area contributed by atoms with Crippen molar-refractivity contribution in [2.24, 2.45) is 0 Å². The largest absolute Gasteiger partial charge is 0.480 e. The van der Waals surface area contributed by atoms with Gasteiger partial charge in [-0.15, -0.1) is 0 Å². The molecule has 0 amide bonds. The van der Waals surface area contributed by atoms with Gasteiger partial charge in [0.1, 0.15) is 0 Å². The minimum atomic E-state index is 0.642. The molecule has 0 N–H and O–H groups in total. The van der Waals surface area contributed by atoms with Crippen LogP contribution in [0.2, 0.25) is 0 Å². The molecule has 0 bridgehead atoms. The van der Waals surface area contributed by atoms with Gasteiger partial charge in [-0.2, -0.15) is 0 Å². The summed E-state index contributed by atoms with van der Waals surface area (Å²) in [5.74, 6) is 0.642. The van der Waals surface area contributed by atoms with Crippen LogP contribution < -0.4 is 4.74 Å². The maximum atomic E-state index is 5.02. The molecule has 60 valence electrons. The first-order valence-electron chi connectivity index (χ1n) is 3.01. The molecule has 1 rings (SSSR count). The summed E-state index contributed by atoms with van der Waals surface area (Å²) >= 11 is 5.58. The number of methoxy groups -OCH3 is 1. The van der Waals surface area contributed by atoms with Crippen LogP contribution >= 0.6 is 38.5 Å². The summed E-state index contributed by atoms with van der Waals surface area (Å²) in [6.07, 6.45) is 0. The molecule has 0 fully saturated rings. The summed E-state index contributed by atoms with van der Waals surface area (Å²) in [4.78, 5) is 4.21. The maximum absolute atomic E-state index is 5.02. The van der Waals surface area contributed by atoms with Crippen LogP contribution in [0.1, 0.15) is 5.69 Å². The van der Waals surface area contributed by atoms with E-state index in [2.05, 4.69) is 43.5 Å². The Morgan fingerprint density at radius 1 is 1.64 bits per heavy atom. The van der Waals surface area contributed by atoms with E-state index >= 15 is 0 Å². The summed E-state index contributed by atoms with van der Waals surface area (Å²) in [6, 6.07) is 1.99. The highest BCUT2D eigenvalue weighted by molar-refractivity contribution is 14.1. The predicted molar refractivity (Wildman–Crippen MR) is 55.9 cm³/mol. The molecule has 1 heterocycles. The Balaban J connectivity index is 3.21. The summed E-state index contributed by atoms with van der Waals surface area (Å²) in [6.45, 7) is 1.96. The second-order valence-corrected chi connectivity index (χ2v) is 4.06. The van der Waals surface area contributed by atoms with Crippen LogP contribution in [-0.4, -0.2) is 12.1 Å². The first-order chi connectivity index (χ1) is 5.15. The van der Waals surface area contributed by atoms with Crippen LogP contribution in [0.4, 0.5) is 0 Å². The van der Waals surface area contributed by atoms with Gasteiger partial charge in [0.05, 0.1) is 17.3 Å². The Morgan fingerprint density at radius 3 is 2.82 bits per heavy atom. The first kappa shape index (κ1) is 9.25. The Hall–Kier alpha value is 0.160. The molecule has 0 aromatic carbocycles. The van der Waals surface area contributed by atoms with Gasteiger partial charge in [-0.1, -0.05) is 0 Å². The monoisotopic (exact) mass is 327 g/mol. The lowest BCUT2D eigenvalue weighted by molar-refractivity contribution is 0.394. The van der Waals surface area contributed by atoms with Gasteiger partial charge in [0.25, 0.3) is 0 Å². The molecule has 0 spiro atoms. The molecular formula is C7H7BrINO. The first-order valence-corrected chi connectivity index (χ1v) is 4.89. The number of aromatic nitrogens is 1. The molecular weight excluding hydrogens is 321 g/mol. The van der Waals surface area contributed by atoms with E-state index in [4.69, 9.17) is 4.74 Å². The zero-order valence-corrected chi connectivity index (χ0v) is 9.93. The summed E-state index contributed by atoms with van der Waals surface area (Å²) in [5.41, 5.74) is 0.991. The Labute approximate surface area is 87.6 Å². The molecule has 11 heavy (non-hydrogen) atoms. The van der Waals surface area contributed by atoms with Gasteiger partial charge in [0.2, 0.25) is 5.88 Å². The lowest BCUT2D eigenvalue weighted by Crippen LogP contribution is -1.93. The summed E-state index contributed by atoms with van der Waals surface area (Å²) in [5, 5.41) is 0. The van der Waals surface area contributed by atoms with E-state index in [9.17, 15) is 0 Å². The number of hydrogen-bond donors (Lipinski definition) is 0. The van der Waals surface area contributed by atoms with Crippen molar-refractivity contribution in [2.45, 2.75) is 6.92 Å². The third kappa shape index (κ3) is 2.05. The smallest absolute Gasteiger partial charge is 0.227 e. The van der Waals surface area contributed by atoms with Crippen LogP contribution in [0, 0.1) is 10.5 Å². The van der Waals surface area contributed by atoms with Crippen LogP contribution in [0.25, 0.3) is 0 Å². The minimum absolute atomic E-state index is 0.642. The van der Waals surface area contributed by atoms with Gasteiger partial charge < -0.3 is 4.74 Å². The van der Waals surface area contributed by atoms with Crippen molar-refractivity contribution in [1.82, 2.24) is 4.98 Å². The molecule has 0 saturated heterocycles. The average Bonchev–Trinajstić information content (AvgIpc) is 1.97. The van der Waals surface area contributed by atoms with E-state index in [1.807, 2.05) is 13.0 Å². The zero-order chi connectivity index (χ0) is 8.43. The van der Waals surface area contributed by atoms with Gasteiger partial charge in [-0.25, -0.2) is 4.98 Å². The highest BCUT2D eigenvalue weighted by Gasteiger charge is 2.04. The Bertz CT molecular complexity index is 277. The molecule has 0 aliphatic carbocycles. The number of ether oxygens (including phenoxy) is 1. The van der Waals surface area contributed by atoms with E-state index < -0.39 is 0 Å². The quantitative estimate of drug-likeness (QED) is 0.740. The van der Waals surface area contributed by atoms with Crippen molar-refractivity contribution in [3.8, 4) is 5.88 Å². The van der Waals surface area contributed by atoms with E-state index in [0.29, 0.717) is 5.88 Å². The van der Waals surface area contributed by atoms with Crippen LogP contribution in [0.3, 0.4) is 0 Å². The molecule has 0 atom stereocenters. The van der Waals surface area contributed by atoms with Crippen LogP contribution in [-0.2, 0) is 0 Å². The standard InChI is InChI=1S/C7H7BrINO/c1-4-6(9)3-5(8)7(10-4)11-2/h3H,1-2H3. The normalized spacial score (nSPS) is 9.82. The summed E-state index contributed by atoms with van der Waals surface area (Å²) in [7, 11) is 1.61. The number of halogens is 2. The molecule has 0 unspecified atom stereocenters. The molecule has 4 heteroatoms. The fourth-order valence-corrected chi connectivity index (χ4v) is 2.02. The lowest BCUT2D eigenvalue weighted by atomic mass is 10.4. The van der Waals surface area contributed by atoms with Crippen molar-refractivity contribution in [2.75, 3.05) is 7.11 Å². The molecule has 0 saturated carbocycles. The third-order valence-corrected chi connectivity index (χ3v) is 2.93. The SMILES string of the molecule is COc1nc(C)c(I)cc1Br. The molecule has 2 nitrogen and oxygen atoms in total. The number of aryl methyl sites for hydroxylation is 1. The van der Waals surface area contributed by atoms with E-state index in [1.54, 1.807) is 7.11 Å². The fourth-order valence-electron chi connectivity index (χ4n) is 0.680. The van der Waals surface area contributed by atoms with Crippen molar-refractivity contribution in [1.29, 1.82) is 0 Å². The van der Waals surface area contributed by atoms with Gasteiger partial charge in [0.15, 0.2) is 0 Å². The molecule has 1 aromatic heterocycles. The van der Waals surface area contributed by atoms with Gasteiger partial charge >= 0.3 is 0 Å². The zero-order valence-electron chi connectivity index (χ0n) is 6.19. The second-order valence-electron chi connectivity index (χ2n) is 2.05. The van der Waals surface area contributed by atoms with Gasteiger partial charge in [-0.3, -0.25) is 0 Å². The highest BCUT2D eigenvalue weighted by atomic mass is 127. The topological polar surface area (TPSA) is 22.1 Å². The third-order valence-electron chi connectivity index (χ3n) is 1.27. The number of nitrogens with zero attached hydrogens (tertiary/aromatic N) is 1. The number of rotatable bonds is 1. The van der Waals surface area contributed by atoms with Crippen LogP contribution in [0.15, 0.2) is 10.5 Å². The molecule has 0 aliphatic rings. The maximum Gasteiger partial charge on any atom is 0.227 e.